The fourth-order valence-corrected chi connectivity index (χ4v) is 3.23. The van der Waals surface area contributed by atoms with Crippen molar-refractivity contribution >= 4 is 11.9 Å². The van der Waals surface area contributed by atoms with E-state index >= 15 is 0 Å². The van der Waals surface area contributed by atoms with Crippen molar-refractivity contribution in [3.8, 4) is 0 Å². The third-order valence-electron chi connectivity index (χ3n) is 5.37. The molecule has 0 saturated carbocycles. The summed E-state index contributed by atoms with van der Waals surface area (Å²) in [5.74, 6) is -0.368. The highest BCUT2D eigenvalue weighted by atomic mass is 16.6. The molecule has 0 bridgehead atoms. The van der Waals surface area contributed by atoms with Crippen LogP contribution < -0.4 is 5.32 Å². The van der Waals surface area contributed by atoms with E-state index in [2.05, 4.69) is 60.8 Å². The SMILES string of the molecule is CCCCC/C=C\C/C=C\C/C=C\C/C=C/CCCC(=O)N[C@H]1C(=O)O[C@@H](C)[C@@H]1C. The second-order valence-electron chi connectivity index (χ2n) is 8.03. The first kappa shape index (κ1) is 25.9. The Hall–Kier alpha value is -2.10. The number of cyclic esters (lactones) is 1. The van der Waals surface area contributed by atoms with Gasteiger partial charge in [0.2, 0.25) is 5.91 Å². The van der Waals surface area contributed by atoms with E-state index in [9.17, 15) is 9.59 Å². The van der Waals surface area contributed by atoms with Crippen LogP contribution in [0.3, 0.4) is 0 Å². The number of hydrogen-bond acceptors (Lipinski definition) is 3. The Bertz CT molecular complexity index is 603. The standard InChI is InChI=1S/C26H41NO3/c1-4-5-6-7-8-9-10-11-12-13-14-15-16-17-18-19-20-21-24(28)27-25-22(2)23(3)30-26(25)29/h8-9,11-12,14-15,17-18,22-23,25H,4-7,10,13,16,19-21H2,1-3H3,(H,27,28)/b9-8-,12-11-,15-14-,18-17+/t22-,23-,25+/m0/s1. The van der Waals surface area contributed by atoms with Gasteiger partial charge in [-0.15, -0.1) is 0 Å². The second-order valence-corrected chi connectivity index (χ2v) is 8.03. The van der Waals surface area contributed by atoms with Crippen LogP contribution in [-0.2, 0) is 14.3 Å². The number of carbonyl (C=O) groups excluding carboxylic acids is 2. The number of carbonyl (C=O) groups is 2. The number of esters is 1. The maximum atomic E-state index is 12.0. The van der Waals surface area contributed by atoms with E-state index < -0.39 is 6.04 Å². The zero-order valence-electron chi connectivity index (χ0n) is 19.1. The summed E-state index contributed by atoms with van der Waals surface area (Å²) in [6.45, 7) is 6.02. The summed E-state index contributed by atoms with van der Waals surface area (Å²) in [6, 6.07) is -0.496. The van der Waals surface area contributed by atoms with Gasteiger partial charge in [0.1, 0.15) is 12.1 Å². The van der Waals surface area contributed by atoms with Crippen LogP contribution in [0.1, 0.15) is 85.0 Å². The van der Waals surface area contributed by atoms with Gasteiger partial charge in [0.05, 0.1) is 0 Å². The van der Waals surface area contributed by atoms with Gasteiger partial charge in [-0.25, -0.2) is 4.79 Å². The fraction of sp³-hybridized carbons (Fsp3) is 0.615. The Morgan fingerprint density at radius 3 is 1.90 bits per heavy atom. The molecule has 168 valence electrons. The summed E-state index contributed by atoms with van der Waals surface area (Å²) in [5, 5.41) is 2.80. The minimum Gasteiger partial charge on any atom is -0.461 e. The van der Waals surface area contributed by atoms with Crippen molar-refractivity contribution in [1.82, 2.24) is 5.32 Å². The topological polar surface area (TPSA) is 55.4 Å². The van der Waals surface area contributed by atoms with Crippen molar-refractivity contribution in [2.45, 2.75) is 97.1 Å². The molecule has 0 aromatic heterocycles. The molecule has 4 nitrogen and oxygen atoms in total. The Balaban J connectivity index is 2.00. The van der Waals surface area contributed by atoms with Crippen molar-refractivity contribution in [2.24, 2.45) is 5.92 Å². The van der Waals surface area contributed by atoms with Crippen molar-refractivity contribution in [1.29, 1.82) is 0 Å². The lowest BCUT2D eigenvalue weighted by Gasteiger charge is -2.14. The molecule has 0 spiro atoms. The third kappa shape index (κ3) is 11.8. The number of unbranched alkanes of at least 4 members (excludes halogenated alkanes) is 4. The molecule has 1 heterocycles. The van der Waals surface area contributed by atoms with Gasteiger partial charge in [0.15, 0.2) is 0 Å². The minimum absolute atomic E-state index is 0.0231. The van der Waals surface area contributed by atoms with Gasteiger partial charge in [0.25, 0.3) is 0 Å². The molecule has 1 aliphatic heterocycles. The van der Waals surface area contributed by atoms with E-state index in [-0.39, 0.29) is 23.9 Å². The van der Waals surface area contributed by atoms with Gasteiger partial charge in [-0.3, -0.25) is 4.79 Å². The highest BCUT2D eigenvalue weighted by Crippen LogP contribution is 2.21. The van der Waals surface area contributed by atoms with Crippen LogP contribution in [-0.4, -0.2) is 24.0 Å². The van der Waals surface area contributed by atoms with Gasteiger partial charge in [0, 0.05) is 12.3 Å². The molecule has 30 heavy (non-hydrogen) atoms. The Kier molecular flexibility index (Phi) is 14.4. The molecule has 0 unspecified atom stereocenters. The molecule has 0 aromatic carbocycles. The normalized spacial score (nSPS) is 22.1. The number of allylic oxidation sites excluding steroid dienone is 8. The number of amides is 1. The summed E-state index contributed by atoms with van der Waals surface area (Å²) >= 11 is 0. The molecular formula is C26H41NO3. The molecule has 1 fully saturated rings. The smallest absolute Gasteiger partial charge is 0.329 e. The molecule has 1 rings (SSSR count). The molecule has 4 heteroatoms. The van der Waals surface area contributed by atoms with E-state index in [0.717, 1.165) is 32.1 Å². The number of rotatable bonds is 15. The number of hydrogen-bond donors (Lipinski definition) is 1. The van der Waals surface area contributed by atoms with Crippen molar-refractivity contribution in [3.05, 3.63) is 48.6 Å². The average molecular weight is 416 g/mol. The van der Waals surface area contributed by atoms with Gasteiger partial charge in [-0.1, -0.05) is 75.3 Å². The predicted molar refractivity (Wildman–Crippen MR) is 125 cm³/mol. The van der Waals surface area contributed by atoms with Crippen molar-refractivity contribution in [3.63, 3.8) is 0 Å². The van der Waals surface area contributed by atoms with Crippen LogP contribution in [0.5, 0.6) is 0 Å². The number of ether oxygens (including phenoxy) is 1. The lowest BCUT2D eigenvalue weighted by atomic mass is 10.00. The summed E-state index contributed by atoms with van der Waals surface area (Å²) < 4.78 is 5.15. The molecule has 0 radical (unpaired) electrons. The van der Waals surface area contributed by atoms with Crippen LogP contribution in [0, 0.1) is 5.92 Å². The van der Waals surface area contributed by atoms with Crippen LogP contribution >= 0.6 is 0 Å². The quantitative estimate of drug-likeness (QED) is 0.197. The summed E-state index contributed by atoms with van der Waals surface area (Å²) in [4.78, 5) is 23.7. The van der Waals surface area contributed by atoms with Crippen molar-refractivity contribution in [2.75, 3.05) is 0 Å². The van der Waals surface area contributed by atoms with Crippen LogP contribution in [0.2, 0.25) is 0 Å². The first-order valence-electron chi connectivity index (χ1n) is 11.7. The largest absolute Gasteiger partial charge is 0.461 e. The molecule has 1 saturated heterocycles. The first-order chi connectivity index (χ1) is 14.6. The van der Waals surface area contributed by atoms with Gasteiger partial charge in [-0.2, -0.15) is 0 Å². The second kappa shape index (κ2) is 16.7. The summed E-state index contributed by atoms with van der Waals surface area (Å²) in [5.41, 5.74) is 0. The van der Waals surface area contributed by atoms with E-state index in [4.69, 9.17) is 4.74 Å². The van der Waals surface area contributed by atoms with Crippen LogP contribution in [0.4, 0.5) is 0 Å². The lowest BCUT2D eigenvalue weighted by molar-refractivity contribution is -0.143. The maximum Gasteiger partial charge on any atom is 0.329 e. The van der Waals surface area contributed by atoms with Gasteiger partial charge < -0.3 is 10.1 Å². The summed E-state index contributed by atoms with van der Waals surface area (Å²) in [7, 11) is 0. The minimum atomic E-state index is -0.496. The van der Waals surface area contributed by atoms with E-state index in [1.54, 1.807) is 0 Å². The van der Waals surface area contributed by atoms with Crippen LogP contribution in [0.15, 0.2) is 48.6 Å². The lowest BCUT2D eigenvalue weighted by Crippen LogP contribution is -2.41. The zero-order chi connectivity index (χ0) is 22.0. The Morgan fingerprint density at radius 1 is 0.867 bits per heavy atom. The molecule has 1 amide bonds. The number of nitrogens with one attached hydrogen (secondary N) is 1. The van der Waals surface area contributed by atoms with Crippen LogP contribution in [0.25, 0.3) is 0 Å². The van der Waals surface area contributed by atoms with E-state index in [1.807, 2.05) is 13.8 Å². The molecule has 1 N–H and O–H groups in total. The molecule has 3 atom stereocenters. The average Bonchev–Trinajstić information content (AvgIpc) is 2.96. The third-order valence-corrected chi connectivity index (χ3v) is 5.37. The molecule has 1 aliphatic rings. The Morgan fingerprint density at radius 2 is 1.40 bits per heavy atom. The zero-order valence-corrected chi connectivity index (χ0v) is 19.1. The molecular weight excluding hydrogens is 374 g/mol. The molecule has 0 aliphatic carbocycles. The highest BCUT2D eigenvalue weighted by molar-refractivity contribution is 5.86. The fourth-order valence-electron chi connectivity index (χ4n) is 3.23. The van der Waals surface area contributed by atoms with E-state index in [0.29, 0.717) is 6.42 Å². The first-order valence-corrected chi connectivity index (χ1v) is 11.7. The monoisotopic (exact) mass is 415 g/mol. The van der Waals surface area contributed by atoms with Gasteiger partial charge >= 0.3 is 5.97 Å². The summed E-state index contributed by atoms with van der Waals surface area (Å²) in [6.07, 6.45) is 27.5. The molecule has 0 aromatic rings. The van der Waals surface area contributed by atoms with Gasteiger partial charge in [-0.05, 0) is 51.9 Å². The van der Waals surface area contributed by atoms with E-state index in [1.165, 1.54) is 25.7 Å². The Labute approximate surface area is 183 Å². The van der Waals surface area contributed by atoms with Crippen molar-refractivity contribution < 1.29 is 14.3 Å². The highest BCUT2D eigenvalue weighted by Gasteiger charge is 2.39. The predicted octanol–water partition coefficient (Wildman–Crippen LogP) is 6.20. The maximum absolute atomic E-state index is 12.0.